The minimum Gasteiger partial charge on any atom is -0.376 e. The molecule has 0 amide bonds. The molecule has 1 fully saturated rings. The number of nitro benzene ring substituents is 1. The van der Waals surface area contributed by atoms with Crippen LogP contribution in [0, 0.1) is 27.4 Å². The Labute approximate surface area is 118 Å². The van der Waals surface area contributed by atoms with Crippen LogP contribution >= 0.6 is 0 Å². The van der Waals surface area contributed by atoms with Gasteiger partial charge >= 0.3 is 5.69 Å². The van der Waals surface area contributed by atoms with E-state index in [-0.39, 0.29) is 17.3 Å². The molecule has 1 heterocycles. The van der Waals surface area contributed by atoms with Crippen molar-refractivity contribution in [1.82, 2.24) is 4.90 Å². The maximum atomic E-state index is 11.2. The SMILES string of the molecule is CC1CN(C)CCC1Nc1cccc(C#N)c1[N+](=O)[O-]. The number of nitrogens with one attached hydrogen (secondary N) is 1. The van der Waals surface area contributed by atoms with E-state index >= 15 is 0 Å². The molecule has 2 unspecified atom stereocenters. The summed E-state index contributed by atoms with van der Waals surface area (Å²) < 4.78 is 0. The van der Waals surface area contributed by atoms with Crippen molar-refractivity contribution in [3.63, 3.8) is 0 Å². The van der Waals surface area contributed by atoms with Crippen LogP contribution in [-0.4, -0.2) is 36.0 Å². The Morgan fingerprint density at radius 2 is 2.30 bits per heavy atom. The van der Waals surface area contributed by atoms with Crippen LogP contribution in [0.2, 0.25) is 0 Å². The van der Waals surface area contributed by atoms with Gasteiger partial charge in [0.1, 0.15) is 17.3 Å². The van der Waals surface area contributed by atoms with Gasteiger partial charge < -0.3 is 10.2 Å². The molecule has 0 spiro atoms. The summed E-state index contributed by atoms with van der Waals surface area (Å²) >= 11 is 0. The molecule has 1 N–H and O–H groups in total. The highest BCUT2D eigenvalue weighted by Crippen LogP contribution is 2.30. The summed E-state index contributed by atoms with van der Waals surface area (Å²) in [6.07, 6.45) is 0.936. The van der Waals surface area contributed by atoms with Crippen LogP contribution in [0.4, 0.5) is 11.4 Å². The molecule has 6 heteroatoms. The molecular formula is C14H18N4O2. The first kappa shape index (κ1) is 14.3. The van der Waals surface area contributed by atoms with Gasteiger partial charge in [-0.1, -0.05) is 13.0 Å². The molecule has 1 aromatic rings. The van der Waals surface area contributed by atoms with Crippen molar-refractivity contribution in [2.75, 3.05) is 25.5 Å². The summed E-state index contributed by atoms with van der Waals surface area (Å²) in [4.78, 5) is 13.0. The van der Waals surface area contributed by atoms with Gasteiger partial charge in [-0.2, -0.15) is 5.26 Å². The summed E-state index contributed by atoms with van der Waals surface area (Å²) in [6.45, 7) is 4.06. The van der Waals surface area contributed by atoms with Crippen LogP contribution in [0.3, 0.4) is 0 Å². The van der Waals surface area contributed by atoms with Gasteiger partial charge in [-0.15, -0.1) is 0 Å². The van der Waals surface area contributed by atoms with E-state index in [0.717, 1.165) is 19.5 Å². The number of para-hydroxylation sites is 1. The van der Waals surface area contributed by atoms with Crippen molar-refractivity contribution in [2.45, 2.75) is 19.4 Å². The molecule has 1 aliphatic rings. The molecule has 1 aliphatic heterocycles. The van der Waals surface area contributed by atoms with Crippen molar-refractivity contribution in [2.24, 2.45) is 5.92 Å². The van der Waals surface area contributed by atoms with E-state index < -0.39 is 4.92 Å². The van der Waals surface area contributed by atoms with Crippen LogP contribution in [0.1, 0.15) is 18.9 Å². The van der Waals surface area contributed by atoms with E-state index in [1.165, 1.54) is 6.07 Å². The van der Waals surface area contributed by atoms with Crippen LogP contribution in [0.5, 0.6) is 0 Å². The fourth-order valence-corrected chi connectivity index (χ4v) is 2.72. The maximum Gasteiger partial charge on any atom is 0.309 e. The smallest absolute Gasteiger partial charge is 0.309 e. The second-order valence-electron chi connectivity index (χ2n) is 5.35. The van der Waals surface area contributed by atoms with Crippen molar-refractivity contribution in [3.05, 3.63) is 33.9 Å². The fourth-order valence-electron chi connectivity index (χ4n) is 2.72. The molecule has 1 saturated heterocycles. The Morgan fingerprint density at radius 3 is 2.90 bits per heavy atom. The number of anilines is 1. The second-order valence-corrected chi connectivity index (χ2v) is 5.35. The normalized spacial score (nSPS) is 23.1. The van der Waals surface area contributed by atoms with Gasteiger partial charge in [-0.05, 0) is 38.1 Å². The largest absolute Gasteiger partial charge is 0.376 e. The third-order valence-corrected chi connectivity index (χ3v) is 3.79. The first-order valence-corrected chi connectivity index (χ1v) is 6.65. The Hall–Kier alpha value is -2.13. The van der Waals surface area contributed by atoms with Crippen LogP contribution in [0.15, 0.2) is 18.2 Å². The van der Waals surface area contributed by atoms with Gasteiger partial charge in [-0.3, -0.25) is 10.1 Å². The highest BCUT2D eigenvalue weighted by molar-refractivity contribution is 5.68. The second kappa shape index (κ2) is 5.88. The quantitative estimate of drug-likeness (QED) is 0.675. The van der Waals surface area contributed by atoms with Gasteiger partial charge in [0.2, 0.25) is 0 Å². The van der Waals surface area contributed by atoms with Crippen molar-refractivity contribution in [3.8, 4) is 6.07 Å². The molecular weight excluding hydrogens is 256 g/mol. The summed E-state index contributed by atoms with van der Waals surface area (Å²) in [7, 11) is 2.07. The molecule has 20 heavy (non-hydrogen) atoms. The third-order valence-electron chi connectivity index (χ3n) is 3.79. The van der Waals surface area contributed by atoms with E-state index in [2.05, 4.69) is 24.2 Å². The topological polar surface area (TPSA) is 82.2 Å². The Morgan fingerprint density at radius 1 is 1.55 bits per heavy atom. The van der Waals surface area contributed by atoms with Gasteiger partial charge in [0.15, 0.2) is 0 Å². The highest BCUT2D eigenvalue weighted by Gasteiger charge is 2.27. The van der Waals surface area contributed by atoms with E-state index in [4.69, 9.17) is 5.26 Å². The minimum atomic E-state index is -0.486. The molecule has 0 aromatic heterocycles. The lowest BCUT2D eigenvalue weighted by Crippen LogP contribution is -2.43. The number of benzene rings is 1. The number of hydrogen-bond donors (Lipinski definition) is 1. The third kappa shape index (κ3) is 2.89. The minimum absolute atomic E-state index is 0.0978. The fraction of sp³-hybridized carbons (Fsp3) is 0.500. The Balaban J connectivity index is 2.26. The average molecular weight is 274 g/mol. The lowest BCUT2D eigenvalue weighted by Gasteiger charge is -2.35. The van der Waals surface area contributed by atoms with Gasteiger partial charge in [0.05, 0.1) is 4.92 Å². The highest BCUT2D eigenvalue weighted by atomic mass is 16.6. The van der Waals surface area contributed by atoms with Crippen LogP contribution < -0.4 is 5.32 Å². The first-order valence-electron chi connectivity index (χ1n) is 6.65. The van der Waals surface area contributed by atoms with Crippen LogP contribution in [-0.2, 0) is 0 Å². The summed E-state index contributed by atoms with van der Waals surface area (Å²) in [5.74, 6) is 0.402. The number of nitrogens with zero attached hydrogens (tertiary/aromatic N) is 3. The summed E-state index contributed by atoms with van der Waals surface area (Å²) in [5.41, 5.74) is 0.414. The molecule has 106 valence electrons. The number of likely N-dealkylation sites (tertiary alicyclic amines) is 1. The van der Waals surface area contributed by atoms with Crippen molar-refractivity contribution in [1.29, 1.82) is 5.26 Å². The Kier molecular flexibility index (Phi) is 4.20. The Bertz CT molecular complexity index is 553. The molecule has 2 rings (SSSR count). The zero-order valence-corrected chi connectivity index (χ0v) is 11.7. The number of rotatable bonds is 3. The molecule has 0 bridgehead atoms. The van der Waals surface area contributed by atoms with Gasteiger partial charge in [-0.25, -0.2) is 0 Å². The van der Waals surface area contributed by atoms with E-state index in [1.807, 2.05) is 6.07 Å². The first-order chi connectivity index (χ1) is 9.52. The monoisotopic (exact) mass is 274 g/mol. The number of hydrogen-bond acceptors (Lipinski definition) is 5. The van der Waals surface area contributed by atoms with E-state index in [0.29, 0.717) is 11.6 Å². The predicted octanol–water partition coefficient (Wildman–Crippen LogP) is 2.22. The zero-order valence-electron chi connectivity index (χ0n) is 11.7. The molecule has 0 radical (unpaired) electrons. The summed E-state index contributed by atoms with van der Waals surface area (Å²) in [5, 5.41) is 23.4. The molecule has 1 aromatic carbocycles. The standard InChI is InChI=1S/C14H18N4O2/c1-10-9-17(2)7-6-12(10)16-13-5-3-4-11(8-15)14(13)18(19)20/h3-5,10,12,16H,6-7,9H2,1-2H3. The summed E-state index contributed by atoms with van der Waals surface area (Å²) in [6, 6.07) is 6.89. The average Bonchev–Trinajstić information content (AvgIpc) is 2.41. The lowest BCUT2D eigenvalue weighted by atomic mass is 9.93. The lowest BCUT2D eigenvalue weighted by molar-refractivity contribution is -0.384. The van der Waals surface area contributed by atoms with E-state index in [1.54, 1.807) is 12.1 Å². The number of nitriles is 1. The van der Waals surface area contributed by atoms with Crippen LogP contribution in [0.25, 0.3) is 0 Å². The van der Waals surface area contributed by atoms with Crippen molar-refractivity contribution < 1.29 is 4.92 Å². The number of piperidine rings is 1. The molecule has 0 aliphatic carbocycles. The van der Waals surface area contributed by atoms with E-state index in [9.17, 15) is 10.1 Å². The predicted molar refractivity (Wildman–Crippen MR) is 76.5 cm³/mol. The van der Waals surface area contributed by atoms with Gasteiger partial charge in [0, 0.05) is 12.6 Å². The van der Waals surface area contributed by atoms with Crippen molar-refractivity contribution >= 4 is 11.4 Å². The number of nitro groups is 1. The maximum absolute atomic E-state index is 11.2. The molecule has 0 saturated carbocycles. The molecule has 2 atom stereocenters. The zero-order chi connectivity index (χ0) is 14.7. The molecule has 6 nitrogen and oxygen atoms in total. The van der Waals surface area contributed by atoms with Gasteiger partial charge in [0.25, 0.3) is 0 Å².